The Kier molecular flexibility index (Phi) is 8.67. The molecule has 0 spiro atoms. The van der Waals surface area contributed by atoms with Crippen molar-refractivity contribution in [3.8, 4) is 0 Å². The Labute approximate surface area is 155 Å². The van der Waals surface area contributed by atoms with E-state index in [0.29, 0.717) is 39.0 Å². The first-order valence-electron chi connectivity index (χ1n) is 9.70. The molecular weight excluding hydrogens is 336 g/mol. The molecule has 8 nitrogen and oxygen atoms in total. The van der Waals surface area contributed by atoms with E-state index in [2.05, 4.69) is 15.0 Å². The van der Waals surface area contributed by atoms with Crippen molar-refractivity contribution in [2.75, 3.05) is 59.5 Å². The van der Waals surface area contributed by atoms with E-state index >= 15 is 0 Å². The number of ether oxygens (including phenoxy) is 1. The average Bonchev–Trinajstić information content (AvgIpc) is 2.95. The molecular formula is C18H32N4O4. The third kappa shape index (κ3) is 6.82. The Hall–Kier alpha value is -1.83. The van der Waals surface area contributed by atoms with Crippen LogP contribution in [0.4, 0.5) is 4.79 Å². The maximum absolute atomic E-state index is 12.4. The monoisotopic (exact) mass is 368 g/mol. The molecule has 2 aliphatic heterocycles. The number of nitrogens with one attached hydrogen (secondary N) is 1. The van der Waals surface area contributed by atoms with Gasteiger partial charge in [0.1, 0.15) is 0 Å². The average molecular weight is 368 g/mol. The summed E-state index contributed by atoms with van der Waals surface area (Å²) >= 11 is 0. The van der Waals surface area contributed by atoms with Crippen LogP contribution >= 0.6 is 0 Å². The van der Waals surface area contributed by atoms with E-state index < -0.39 is 0 Å². The predicted molar refractivity (Wildman–Crippen MR) is 97.7 cm³/mol. The van der Waals surface area contributed by atoms with Gasteiger partial charge >= 0.3 is 12.0 Å². The zero-order valence-corrected chi connectivity index (χ0v) is 15.9. The number of amides is 3. The number of methoxy groups -OCH3 is 1. The van der Waals surface area contributed by atoms with Crippen molar-refractivity contribution < 1.29 is 19.1 Å². The number of hydrogen-bond acceptors (Lipinski definition) is 5. The van der Waals surface area contributed by atoms with Crippen LogP contribution in [0.3, 0.4) is 0 Å². The van der Waals surface area contributed by atoms with Gasteiger partial charge in [0.05, 0.1) is 13.7 Å². The van der Waals surface area contributed by atoms with E-state index in [1.165, 1.54) is 20.0 Å². The summed E-state index contributed by atoms with van der Waals surface area (Å²) < 4.78 is 4.57. The summed E-state index contributed by atoms with van der Waals surface area (Å²) in [4.78, 5) is 41.5. The van der Waals surface area contributed by atoms with Crippen LogP contribution < -0.4 is 5.32 Å². The van der Waals surface area contributed by atoms with Crippen LogP contribution in [0, 0.1) is 0 Å². The van der Waals surface area contributed by atoms with Crippen molar-refractivity contribution in [3.63, 3.8) is 0 Å². The summed E-state index contributed by atoms with van der Waals surface area (Å²) in [5, 5.41) is 2.83. The van der Waals surface area contributed by atoms with Gasteiger partial charge in [-0.1, -0.05) is 12.8 Å². The fourth-order valence-corrected chi connectivity index (χ4v) is 3.36. The van der Waals surface area contributed by atoms with E-state index in [1.807, 2.05) is 4.90 Å². The lowest BCUT2D eigenvalue weighted by molar-refractivity contribution is -0.140. The Balaban J connectivity index is 1.62. The standard InChI is InChI=1S/C18H32N4O4/c1-26-17(24)7-6-8-19-18(25)22-13-11-20(12-14-22)15-16(23)21-9-4-2-3-5-10-21/h2-15H2,1H3,(H,19,25). The second-order valence-electron chi connectivity index (χ2n) is 6.97. The molecule has 1 N–H and O–H groups in total. The first-order chi connectivity index (χ1) is 12.6. The molecule has 0 bridgehead atoms. The van der Waals surface area contributed by atoms with Gasteiger partial charge in [0.2, 0.25) is 5.91 Å². The molecule has 3 amide bonds. The molecule has 2 fully saturated rings. The molecule has 0 aliphatic carbocycles. The number of rotatable bonds is 6. The second-order valence-corrected chi connectivity index (χ2v) is 6.97. The van der Waals surface area contributed by atoms with Gasteiger partial charge in [0.25, 0.3) is 0 Å². The summed E-state index contributed by atoms with van der Waals surface area (Å²) in [6.45, 7) is 5.35. The molecule has 8 heteroatoms. The van der Waals surface area contributed by atoms with Crippen LogP contribution in [-0.2, 0) is 14.3 Å². The van der Waals surface area contributed by atoms with Crippen molar-refractivity contribution in [3.05, 3.63) is 0 Å². The van der Waals surface area contributed by atoms with Crippen molar-refractivity contribution in [1.29, 1.82) is 0 Å². The molecule has 2 heterocycles. The molecule has 2 saturated heterocycles. The summed E-state index contributed by atoms with van der Waals surface area (Å²) in [6.07, 6.45) is 5.53. The van der Waals surface area contributed by atoms with Crippen LogP contribution in [0.2, 0.25) is 0 Å². The van der Waals surface area contributed by atoms with Crippen molar-refractivity contribution >= 4 is 17.9 Å². The van der Waals surface area contributed by atoms with Crippen LogP contribution in [0.25, 0.3) is 0 Å². The number of hydrogen-bond donors (Lipinski definition) is 1. The molecule has 0 unspecified atom stereocenters. The molecule has 0 aromatic heterocycles. The number of nitrogens with zero attached hydrogens (tertiary/aromatic N) is 3. The summed E-state index contributed by atoms with van der Waals surface area (Å²) in [5.74, 6) is -0.0467. The van der Waals surface area contributed by atoms with Crippen LogP contribution in [-0.4, -0.2) is 92.1 Å². The first kappa shape index (κ1) is 20.5. The number of piperazine rings is 1. The highest BCUT2D eigenvalue weighted by Gasteiger charge is 2.24. The zero-order valence-electron chi connectivity index (χ0n) is 15.9. The van der Waals surface area contributed by atoms with Gasteiger partial charge in [-0.25, -0.2) is 4.79 Å². The lowest BCUT2D eigenvalue weighted by Crippen LogP contribution is -2.53. The quantitative estimate of drug-likeness (QED) is 0.550. The second kappa shape index (κ2) is 11.0. The highest BCUT2D eigenvalue weighted by atomic mass is 16.5. The Morgan fingerprint density at radius 1 is 0.885 bits per heavy atom. The fourth-order valence-electron chi connectivity index (χ4n) is 3.36. The van der Waals surface area contributed by atoms with Gasteiger partial charge in [-0.15, -0.1) is 0 Å². The van der Waals surface area contributed by atoms with Gasteiger partial charge in [0, 0.05) is 52.2 Å². The van der Waals surface area contributed by atoms with Crippen LogP contribution in [0.1, 0.15) is 38.5 Å². The molecule has 0 radical (unpaired) electrons. The fraction of sp³-hybridized carbons (Fsp3) is 0.833. The minimum absolute atomic E-state index is 0.103. The molecule has 2 rings (SSSR count). The minimum Gasteiger partial charge on any atom is -0.469 e. The zero-order chi connectivity index (χ0) is 18.8. The first-order valence-corrected chi connectivity index (χ1v) is 9.70. The van der Waals surface area contributed by atoms with E-state index in [4.69, 9.17) is 0 Å². The maximum atomic E-state index is 12.4. The van der Waals surface area contributed by atoms with Gasteiger partial charge in [-0.2, -0.15) is 0 Å². The van der Waals surface area contributed by atoms with Gasteiger partial charge in [0.15, 0.2) is 0 Å². The molecule has 0 atom stereocenters. The maximum Gasteiger partial charge on any atom is 0.317 e. The summed E-state index contributed by atoms with van der Waals surface area (Å²) in [5.41, 5.74) is 0. The number of carbonyl (C=O) groups is 3. The van der Waals surface area contributed by atoms with Gasteiger partial charge in [-0.3, -0.25) is 14.5 Å². The Morgan fingerprint density at radius 2 is 1.54 bits per heavy atom. The van der Waals surface area contributed by atoms with Gasteiger partial charge < -0.3 is 19.9 Å². The van der Waals surface area contributed by atoms with Crippen LogP contribution in [0.5, 0.6) is 0 Å². The molecule has 0 aromatic rings. The lowest BCUT2D eigenvalue weighted by Gasteiger charge is -2.35. The molecule has 26 heavy (non-hydrogen) atoms. The van der Waals surface area contributed by atoms with E-state index in [0.717, 1.165) is 39.0 Å². The minimum atomic E-state index is -0.262. The molecule has 148 valence electrons. The molecule has 0 saturated carbocycles. The lowest BCUT2D eigenvalue weighted by atomic mass is 10.2. The highest BCUT2D eigenvalue weighted by Crippen LogP contribution is 2.11. The Morgan fingerprint density at radius 3 is 2.15 bits per heavy atom. The van der Waals surface area contributed by atoms with Crippen molar-refractivity contribution in [2.45, 2.75) is 38.5 Å². The topological polar surface area (TPSA) is 82.2 Å². The number of carbonyl (C=O) groups excluding carboxylic acids is 3. The Bertz CT molecular complexity index is 470. The third-order valence-corrected chi connectivity index (χ3v) is 5.04. The summed E-state index contributed by atoms with van der Waals surface area (Å²) in [7, 11) is 1.36. The number of likely N-dealkylation sites (tertiary alicyclic amines) is 1. The normalized spacial score (nSPS) is 19.0. The predicted octanol–water partition coefficient (Wildman–Crippen LogP) is 0.669. The summed E-state index contributed by atoms with van der Waals surface area (Å²) in [6, 6.07) is -0.103. The van der Waals surface area contributed by atoms with E-state index in [1.54, 1.807) is 4.90 Å². The van der Waals surface area contributed by atoms with Crippen LogP contribution in [0.15, 0.2) is 0 Å². The van der Waals surface area contributed by atoms with Crippen molar-refractivity contribution in [1.82, 2.24) is 20.0 Å². The smallest absolute Gasteiger partial charge is 0.317 e. The number of esters is 1. The third-order valence-electron chi connectivity index (χ3n) is 5.04. The van der Waals surface area contributed by atoms with Crippen molar-refractivity contribution in [2.24, 2.45) is 0 Å². The number of urea groups is 1. The largest absolute Gasteiger partial charge is 0.469 e. The van der Waals surface area contributed by atoms with E-state index in [-0.39, 0.29) is 17.9 Å². The van der Waals surface area contributed by atoms with Gasteiger partial charge in [-0.05, 0) is 19.3 Å². The van der Waals surface area contributed by atoms with E-state index in [9.17, 15) is 14.4 Å². The molecule has 0 aromatic carbocycles. The highest BCUT2D eigenvalue weighted by molar-refractivity contribution is 5.78. The molecule has 2 aliphatic rings. The SMILES string of the molecule is COC(=O)CCCNC(=O)N1CCN(CC(=O)N2CCCCCC2)CC1.